The van der Waals surface area contributed by atoms with E-state index in [1.165, 1.54) is 0 Å². The molecule has 0 aromatic heterocycles. The number of carbonyl (C=O) groups is 1. The number of nitrogens with one attached hydrogen (secondary N) is 1. The standard InChI is InChI=1S/C14H20Cl2N2O4S/c1-14(2,3)22-13(19)17-8-9-18(23(4,20)21)11-7-5-6-10(15)12(11)16/h5-7H,8-9H2,1-4H3,(H,17,19). The van der Waals surface area contributed by atoms with Gasteiger partial charge in [0.25, 0.3) is 0 Å². The fourth-order valence-corrected chi connectivity index (χ4v) is 3.10. The lowest BCUT2D eigenvalue weighted by Gasteiger charge is -2.24. The Morgan fingerprint density at radius 3 is 2.43 bits per heavy atom. The summed E-state index contributed by atoms with van der Waals surface area (Å²) in [6.45, 7) is 5.27. The molecule has 130 valence electrons. The van der Waals surface area contributed by atoms with E-state index in [-0.39, 0.29) is 28.8 Å². The van der Waals surface area contributed by atoms with Crippen LogP contribution in [0.15, 0.2) is 18.2 Å². The van der Waals surface area contributed by atoms with Crippen molar-refractivity contribution >= 4 is 45.0 Å². The largest absolute Gasteiger partial charge is 0.444 e. The number of hydrogen-bond acceptors (Lipinski definition) is 4. The van der Waals surface area contributed by atoms with Crippen molar-refractivity contribution in [1.82, 2.24) is 5.32 Å². The third-order valence-electron chi connectivity index (χ3n) is 2.58. The first kappa shape index (κ1) is 19.9. The maximum absolute atomic E-state index is 12.0. The zero-order chi connectivity index (χ0) is 17.8. The summed E-state index contributed by atoms with van der Waals surface area (Å²) in [6.07, 6.45) is 0.431. The first-order chi connectivity index (χ1) is 10.4. The maximum atomic E-state index is 12.0. The Hall–Kier alpha value is -1.18. The molecular formula is C14H20Cl2N2O4S. The predicted octanol–water partition coefficient (Wildman–Crippen LogP) is 3.28. The fraction of sp³-hybridized carbons (Fsp3) is 0.500. The number of ether oxygens (including phenoxy) is 1. The summed E-state index contributed by atoms with van der Waals surface area (Å²) in [7, 11) is -3.59. The molecule has 0 atom stereocenters. The van der Waals surface area contributed by atoms with Gasteiger partial charge in [-0.15, -0.1) is 0 Å². The third kappa shape index (κ3) is 6.45. The zero-order valence-corrected chi connectivity index (χ0v) is 15.7. The molecule has 0 saturated carbocycles. The Labute approximate surface area is 146 Å². The highest BCUT2D eigenvalue weighted by atomic mass is 35.5. The van der Waals surface area contributed by atoms with E-state index < -0.39 is 21.7 Å². The normalized spacial score (nSPS) is 11.9. The van der Waals surface area contributed by atoms with Crippen LogP contribution in [0.3, 0.4) is 0 Å². The van der Waals surface area contributed by atoms with E-state index in [9.17, 15) is 13.2 Å². The van der Waals surface area contributed by atoms with Crippen LogP contribution in [0.2, 0.25) is 10.0 Å². The first-order valence-electron chi connectivity index (χ1n) is 6.80. The van der Waals surface area contributed by atoms with Gasteiger partial charge in [0.15, 0.2) is 0 Å². The number of sulfonamides is 1. The number of nitrogens with zero attached hydrogens (tertiary/aromatic N) is 1. The molecule has 1 amide bonds. The Kier molecular flexibility index (Phi) is 6.56. The van der Waals surface area contributed by atoms with Crippen LogP contribution in [0.4, 0.5) is 10.5 Å². The minimum absolute atomic E-state index is 0.00185. The predicted molar refractivity (Wildman–Crippen MR) is 92.9 cm³/mol. The van der Waals surface area contributed by atoms with E-state index in [0.29, 0.717) is 0 Å². The quantitative estimate of drug-likeness (QED) is 0.847. The molecule has 0 unspecified atom stereocenters. The van der Waals surface area contributed by atoms with Gasteiger partial charge >= 0.3 is 6.09 Å². The van der Waals surface area contributed by atoms with Crippen LogP contribution in [0, 0.1) is 0 Å². The van der Waals surface area contributed by atoms with Gasteiger partial charge in [-0.1, -0.05) is 29.3 Å². The topological polar surface area (TPSA) is 75.7 Å². The van der Waals surface area contributed by atoms with Crippen molar-refractivity contribution < 1.29 is 17.9 Å². The highest BCUT2D eigenvalue weighted by Gasteiger charge is 2.22. The van der Waals surface area contributed by atoms with Gasteiger partial charge in [-0.25, -0.2) is 13.2 Å². The second kappa shape index (κ2) is 7.59. The van der Waals surface area contributed by atoms with Gasteiger partial charge in [0.2, 0.25) is 10.0 Å². The number of halogens is 2. The van der Waals surface area contributed by atoms with Crippen LogP contribution in [-0.4, -0.2) is 39.5 Å². The number of amides is 1. The third-order valence-corrected chi connectivity index (χ3v) is 4.57. The van der Waals surface area contributed by atoms with Crippen LogP contribution in [0.1, 0.15) is 20.8 Å². The average Bonchev–Trinajstić information content (AvgIpc) is 2.35. The molecule has 0 bridgehead atoms. The van der Waals surface area contributed by atoms with Crippen LogP contribution in [0.25, 0.3) is 0 Å². The van der Waals surface area contributed by atoms with Crippen LogP contribution < -0.4 is 9.62 Å². The van der Waals surface area contributed by atoms with Gasteiger partial charge in [0, 0.05) is 6.54 Å². The van der Waals surface area contributed by atoms with E-state index >= 15 is 0 Å². The van der Waals surface area contributed by atoms with Gasteiger partial charge in [-0.05, 0) is 32.9 Å². The molecule has 0 radical (unpaired) electrons. The Bertz CT molecular complexity index is 672. The molecule has 1 N–H and O–H groups in total. The molecule has 1 aromatic rings. The van der Waals surface area contributed by atoms with E-state index in [1.54, 1.807) is 39.0 Å². The van der Waals surface area contributed by atoms with Crippen molar-refractivity contribution in [2.45, 2.75) is 26.4 Å². The molecule has 6 nitrogen and oxygen atoms in total. The van der Waals surface area contributed by atoms with E-state index in [2.05, 4.69) is 5.32 Å². The highest BCUT2D eigenvalue weighted by Crippen LogP contribution is 2.33. The molecule has 0 heterocycles. The molecule has 0 saturated heterocycles. The number of alkyl carbamates (subject to hydrolysis) is 1. The number of rotatable bonds is 5. The molecule has 23 heavy (non-hydrogen) atoms. The molecule has 0 aliphatic rings. The van der Waals surface area contributed by atoms with Crippen molar-refractivity contribution in [3.05, 3.63) is 28.2 Å². The second-order valence-electron chi connectivity index (χ2n) is 5.84. The highest BCUT2D eigenvalue weighted by molar-refractivity contribution is 7.92. The zero-order valence-electron chi connectivity index (χ0n) is 13.4. The van der Waals surface area contributed by atoms with E-state index in [0.717, 1.165) is 10.6 Å². The second-order valence-corrected chi connectivity index (χ2v) is 8.53. The summed E-state index contributed by atoms with van der Waals surface area (Å²) in [5, 5.41) is 2.89. The lowest BCUT2D eigenvalue weighted by Crippen LogP contribution is -2.40. The summed E-state index contributed by atoms with van der Waals surface area (Å²) in [5.74, 6) is 0. The van der Waals surface area contributed by atoms with Crippen LogP contribution in [0.5, 0.6) is 0 Å². The summed E-state index contributed by atoms with van der Waals surface area (Å²) in [4.78, 5) is 11.6. The molecule has 1 rings (SSSR count). The number of hydrogen-bond donors (Lipinski definition) is 1. The fourth-order valence-electron chi connectivity index (χ4n) is 1.72. The minimum Gasteiger partial charge on any atom is -0.444 e. The average molecular weight is 383 g/mol. The summed E-state index contributed by atoms with van der Waals surface area (Å²) >= 11 is 12.0. The van der Waals surface area contributed by atoms with Gasteiger partial charge in [0.1, 0.15) is 5.60 Å². The lowest BCUT2D eigenvalue weighted by atomic mass is 10.2. The minimum atomic E-state index is -3.59. The first-order valence-corrected chi connectivity index (χ1v) is 9.41. The van der Waals surface area contributed by atoms with E-state index in [4.69, 9.17) is 27.9 Å². The van der Waals surface area contributed by atoms with Crippen LogP contribution >= 0.6 is 23.2 Å². The van der Waals surface area contributed by atoms with Crippen molar-refractivity contribution in [3.63, 3.8) is 0 Å². The number of benzene rings is 1. The molecule has 1 aromatic carbocycles. The Morgan fingerprint density at radius 2 is 1.91 bits per heavy atom. The van der Waals surface area contributed by atoms with Crippen LogP contribution in [-0.2, 0) is 14.8 Å². The van der Waals surface area contributed by atoms with Gasteiger partial charge in [-0.2, -0.15) is 0 Å². The summed E-state index contributed by atoms with van der Waals surface area (Å²) in [6, 6.07) is 4.71. The maximum Gasteiger partial charge on any atom is 0.407 e. The van der Waals surface area contributed by atoms with Crippen molar-refractivity contribution in [2.75, 3.05) is 23.7 Å². The monoisotopic (exact) mass is 382 g/mol. The van der Waals surface area contributed by atoms with Gasteiger partial charge in [-0.3, -0.25) is 4.31 Å². The van der Waals surface area contributed by atoms with E-state index in [1.807, 2.05) is 0 Å². The molecule has 0 aliphatic carbocycles. The van der Waals surface area contributed by atoms with Crippen molar-refractivity contribution in [2.24, 2.45) is 0 Å². The van der Waals surface area contributed by atoms with Crippen molar-refractivity contribution in [1.29, 1.82) is 0 Å². The summed E-state index contributed by atoms with van der Waals surface area (Å²) < 4.78 is 30.1. The summed E-state index contributed by atoms with van der Waals surface area (Å²) in [5.41, 5.74) is -0.371. The van der Waals surface area contributed by atoms with Crippen molar-refractivity contribution in [3.8, 4) is 0 Å². The number of carbonyl (C=O) groups excluding carboxylic acids is 1. The smallest absolute Gasteiger partial charge is 0.407 e. The molecule has 9 heteroatoms. The molecule has 0 fully saturated rings. The van der Waals surface area contributed by atoms with Gasteiger partial charge < -0.3 is 10.1 Å². The Morgan fingerprint density at radius 1 is 1.30 bits per heavy atom. The molecule has 0 spiro atoms. The molecular weight excluding hydrogens is 363 g/mol. The van der Waals surface area contributed by atoms with Gasteiger partial charge in [0.05, 0.1) is 28.5 Å². The SMILES string of the molecule is CC(C)(C)OC(=O)NCCN(c1cccc(Cl)c1Cl)S(C)(=O)=O. The lowest BCUT2D eigenvalue weighted by molar-refractivity contribution is 0.0529. The Balaban J connectivity index is 2.83. The molecule has 0 aliphatic heterocycles. The number of anilines is 1.